The Labute approximate surface area is 87.9 Å². The fourth-order valence-electron chi connectivity index (χ4n) is 0.896. The molecule has 14 heavy (non-hydrogen) atoms. The van der Waals surface area contributed by atoms with Crippen molar-refractivity contribution < 1.29 is 9.84 Å². The molecule has 1 aromatic rings. The first-order valence-corrected chi connectivity index (χ1v) is 4.76. The van der Waals surface area contributed by atoms with Crippen molar-refractivity contribution in [3.63, 3.8) is 0 Å². The molecule has 1 rings (SSSR count). The zero-order valence-corrected chi connectivity index (χ0v) is 8.50. The molecule has 0 bridgehead atoms. The van der Waals surface area contributed by atoms with Crippen LogP contribution in [0.4, 0.5) is 0 Å². The maximum atomic E-state index is 8.49. The van der Waals surface area contributed by atoms with E-state index in [9.17, 15) is 0 Å². The summed E-state index contributed by atoms with van der Waals surface area (Å²) in [5.74, 6) is 0.517. The van der Waals surface area contributed by atoms with E-state index in [4.69, 9.17) is 21.4 Å². The number of halogens is 1. The molecule has 0 saturated carbocycles. The molecule has 0 fully saturated rings. The first kappa shape index (κ1) is 11.2. The first-order valence-electron chi connectivity index (χ1n) is 4.39. The van der Waals surface area contributed by atoms with Gasteiger partial charge in [-0.1, -0.05) is 11.6 Å². The summed E-state index contributed by atoms with van der Waals surface area (Å²) in [6.45, 7) is 1.89. The minimum atomic E-state index is 0.134. The fourth-order valence-corrected chi connectivity index (χ4v) is 1.05. The van der Waals surface area contributed by atoms with Gasteiger partial charge >= 0.3 is 0 Å². The van der Waals surface area contributed by atoms with Crippen LogP contribution in [0.1, 0.15) is 0 Å². The third-order valence-corrected chi connectivity index (χ3v) is 1.75. The van der Waals surface area contributed by atoms with Crippen LogP contribution in [0.15, 0.2) is 18.3 Å². The second kappa shape index (κ2) is 6.59. The average molecular weight is 217 g/mol. The van der Waals surface area contributed by atoms with E-state index in [1.54, 1.807) is 18.3 Å². The highest BCUT2D eigenvalue weighted by Crippen LogP contribution is 2.13. The van der Waals surface area contributed by atoms with Crippen LogP contribution in [-0.2, 0) is 0 Å². The Morgan fingerprint density at radius 2 is 2.36 bits per heavy atom. The molecule has 0 spiro atoms. The molecule has 5 heteroatoms. The molecule has 1 heterocycles. The summed E-state index contributed by atoms with van der Waals surface area (Å²) in [6.07, 6.45) is 1.60. The molecule has 0 aliphatic heterocycles. The zero-order valence-electron chi connectivity index (χ0n) is 7.74. The van der Waals surface area contributed by atoms with Crippen LogP contribution in [-0.4, -0.2) is 36.4 Å². The van der Waals surface area contributed by atoms with Crippen molar-refractivity contribution in [2.24, 2.45) is 0 Å². The zero-order chi connectivity index (χ0) is 10.2. The maximum absolute atomic E-state index is 8.49. The Morgan fingerprint density at radius 3 is 3.07 bits per heavy atom. The Balaban J connectivity index is 2.18. The molecule has 0 aromatic carbocycles. The highest BCUT2D eigenvalue weighted by Gasteiger charge is 1.95. The monoisotopic (exact) mass is 216 g/mol. The van der Waals surface area contributed by atoms with Crippen LogP contribution in [0.3, 0.4) is 0 Å². The molecule has 0 saturated heterocycles. The van der Waals surface area contributed by atoms with Crippen LogP contribution in [0, 0.1) is 0 Å². The van der Waals surface area contributed by atoms with Gasteiger partial charge in [0.25, 0.3) is 0 Å². The van der Waals surface area contributed by atoms with Gasteiger partial charge in [0, 0.05) is 30.4 Å². The van der Waals surface area contributed by atoms with Crippen molar-refractivity contribution in [1.29, 1.82) is 0 Å². The SMILES string of the molecule is OCCNCCOc1cc(Cl)ccn1. The van der Waals surface area contributed by atoms with Crippen LogP contribution >= 0.6 is 11.6 Å². The van der Waals surface area contributed by atoms with Gasteiger partial charge < -0.3 is 15.2 Å². The second-order valence-electron chi connectivity index (χ2n) is 2.63. The highest BCUT2D eigenvalue weighted by molar-refractivity contribution is 6.30. The molecule has 2 N–H and O–H groups in total. The number of nitrogens with zero attached hydrogens (tertiary/aromatic N) is 1. The molecule has 1 aromatic heterocycles. The van der Waals surface area contributed by atoms with Crippen LogP contribution in [0.2, 0.25) is 5.02 Å². The number of nitrogens with one attached hydrogen (secondary N) is 1. The van der Waals surface area contributed by atoms with E-state index in [1.807, 2.05) is 0 Å². The summed E-state index contributed by atoms with van der Waals surface area (Å²) in [5, 5.41) is 12.1. The van der Waals surface area contributed by atoms with Gasteiger partial charge in [0.05, 0.1) is 6.61 Å². The number of hydrogen-bond donors (Lipinski definition) is 2. The lowest BCUT2D eigenvalue weighted by molar-refractivity contribution is 0.272. The Hall–Kier alpha value is -0.840. The number of pyridine rings is 1. The van der Waals surface area contributed by atoms with E-state index in [1.165, 1.54) is 0 Å². The lowest BCUT2D eigenvalue weighted by Crippen LogP contribution is -2.24. The van der Waals surface area contributed by atoms with E-state index >= 15 is 0 Å². The van der Waals surface area contributed by atoms with Crippen molar-refractivity contribution in [1.82, 2.24) is 10.3 Å². The predicted octanol–water partition coefficient (Wildman–Crippen LogP) is 0.696. The van der Waals surface area contributed by atoms with Crippen LogP contribution < -0.4 is 10.1 Å². The normalized spacial score (nSPS) is 10.1. The molecule has 0 amide bonds. The molecule has 0 aliphatic carbocycles. The summed E-state index contributed by atoms with van der Waals surface area (Å²) >= 11 is 5.74. The predicted molar refractivity (Wildman–Crippen MR) is 54.7 cm³/mol. The number of aliphatic hydroxyl groups excluding tert-OH is 1. The number of hydrogen-bond acceptors (Lipinski definition) is 4. The van der Waals surface area contributed by atoms with Gasteiger partial charge in [0.1, 0.15) is 6.61 Å². The van der Waals surface area contributed by atoms with E-state index in [-0.39, 0.29) is 6.61 Å². The summed E-state index contributed by atoms with van der Waals surface area (Å²) in [6, 6.07) is 3.35. The maximum Gasteiger partial charge on any atom is 0.214 e. The number of rotatable bonds is 6. The fraction of sp³-hybridized carbons (Fsp3) is 0.444. The largest absolute Gasteiger partial charge is 0.476 e. The average Bonchev–Trinajstić information content (AvgIpc) is 2.18. The molecular formula is C9H13ClN2O2. The Morgan fingerprint density at radius 1 is 1.50 bits per heavy atom. The smallest absolute Gasteiger partial charge is 0.214 e. The van der Waals surface area contributed by atoms with Gasteiger partial charge in [-0.3, -0.25) is 0 Å². The van der Waals surface area contributed by atoms with Crippen molar-refractivity contribution in [3.8, 4) is 5.88 Å². The lowest BCUT2D eigenvalue weighted by Gasteiger charge is -2.05. The quantitative estimate of drug-likeness (QED) is 0.688. The van der Waals surface area contributed by atoms with Crippen molar-refractivity contribution in [2.45, 2.75) is 0 Å². The number of aromatic nitrogens is 1. The molecule has 0 radical (unpaired) electrons. The summed E-state index contributed by atoms with van der Waals surface area (Å²) in [7, 11) is 0. The molecule has 0 unspecified atom stereocenters. The standard InChI is InChI=1S/C9H13ClN2O2/c10-8-1-2-12-9(7-8)14-6-4-11-3-5-13/h1-2,7,11,13H,3-6H2. The highest BCUT2D eigenvalue weighted by atomic mass is 35.5. The minimum absolute atomic E-state index is 0.134. The van der Waals surface area contributed by atoms with Crippen molar-refractivity contribution >= 4 is 11.6 Å². The topological polar surface area (TPSA) is 54.4 Å². The van der Waals surface area contributed by atoms with Crippen LogP contribution in [0.25, 0.3) is 0 Å². The van der Waals surface area contributed by atoms with Gasteiger partial charge in [-0.25, -0.2) is 4.98 Å². The number of aliphatic hydroxyl groups is 1. The van der Waals surface area contributed by atoms with Gasteiger partial charge in [0.2, 0.25) is 5.88 Å². The molecular weight excluding hydrogens is 204 g/mol. The molecule has 0 aliphatic rings. The van der Waals surface area contributed by atoms with Gasteiger partial charge in [-0.05, 0) is 6.07 Å². The second-order valence-corrected chi connectivity index (χ2v) is 3.07. The van der Waals surface area contributed by atoms with Crippen LogP contribution in [0.5, 0.6) is 5.88 Å². The van der Waals surface area contributed by atoms with Gasteiger partial charge in [-0.15, -0.1) is 0 Å². The minimum Gasteiger partial charge on any atom is -0.476 e. The third kappa shape index (κ3) is 4.41. The molecule has 78 valence electrons. The van der Waals surface area contributed by atoms with Crippen molar-refractivity contribution in [2.75, 3.05) is 26.3 Å². The van der Waals surface area contributed by atoms with Crippen molar-refractivity contribution in [3.05, 3.63) is 23.4 Å². The lowest BCUT2D eigenvalue weighted by atomic mass is 10.5. The summed E-state index contributed by atoms with van der Waals surface area (Å²) < 4.78 is 5.29. The Kier molecular flexibility index (Phi) is 5.29. The van der Waals surface area contributed by atoms with Gasteiger partial charge in [-0.2, -0.15) is 0 Å². The molecule has 0 atom stereocenters. The van der Waals surface area contributed by atoms with E-state index in [0.717, 1.165) is 0 Å². The van der Waals surface area contributed by atoms with E-state index < -0.39 is 0 Å². The number of ether oxygens (including phenoxy) is 1. The van der Waals surface area contributed by atoms with E-state index in [0.29, 0.717) is 30.6 Å². The summed E-state index contributed by atoms with van der Waals surface area (Å²) in [4.78, 5) is 3.97. The van der Waals surface area contributed by atoms with Gasteiger partial charge in [0.15, 0.2) is 0 Å². The molecule has 4 nitrogen and oxygen atoms in total. The Bertz CT molecular complexity index is 271. The third-order valence-electron chi connectivity index (χ3n) is 1.51. The summed E-state index contributed by atoms with van der Waals surface area (Å²) in [5.41, 5.74) is 0. The van der Waals surface area contributed by atoms with E-state index in [2.05, 4.69) is 10.3 Å². The first-order chi connectivity index (χ1) is 6.83.